The number of hydrogen-bond acceptors (Lipinski definition) is 5. The predicted octanol–water partition coefficient (Wildman–Crippen LogP) is 2.30. The van der Waals surface area contributed by atoms with Gasteiger partial charge in [-0.25, -0.2) is 0 Å². The fourth-order valence-electron chi connectivity index (χ4n) is 4.36. The maximum absolute atomic E-state index is 12.8. The molecule has 3 fully saturated rings. The summed E-state index contributed by atoms with van der Waals surface area (Å²) in [6, 6.07) is 1.73. The van der Waals surface area contributed by atoms with Crippen molar-refractivity contribution in [2.45, 2.75) is 44.6 Å². The third kappa shape index (κ3) is 3.55. The van der Waals surface area contributed by atoms with Gasteiger partial charge in [0.1, 0.15) is 0 Å². The molecule has 6 heteroatoms. The Kier molecular flexibility index (Phi) is 4.99. The summed E-state index contributed by atoms with van der Waals surface area (Å²) >= 11 is 0. The lowest BCUT2D eigenvalue weighted by molar-refractivity contribution is -0.150. The Morgan fingerprint density at radius 3 is 3.00 bits per heavy atom. The van der Waals surface area contributed by atoms with Crippen LogP contribution in [0.25, 0.3) is 0 Å². The van der Waals surface area contributed by atoms with Crippen LogP contribution < -0.4 is 0 Å². The van der Waals surface area contributed by atoms with Gasteiger partial charge in [0.2, 0.25) is 0 Å². The number of likely N-dealkylation sites (tertiary alicyclic amines) is 1. The number of amides is 1. The predicted molar refractivity (Wildman–Crippen MR) is 92.1 cm³/mol. The minimum Gasteiger partial charge on any atom is -0.380 e. The zero-order valence-corrected chi connectivity index (χ0v) is 14.7. The lowest BCUT2D eigenvalue weighted by Crippen LogP contribution is -2.58. The first-order chi connectivity index (χ1) is 12.3. The van der Waals surface area contributed by atoms with Crippen molar-refractivity contribution < 1.29 is 14.3 Å². The summed E-state index contributed by atoms with van der Waals surface area (Å²) < 4.78 is 12.2. The third-order valence-electron chi connectivity index (χ3n) is 6.07. The van der Waals surface area contributed by atoms with Crippen LogP contribution in [-0.2, 0) is 9.47 Å². The number of fused-ring (bicyclic) bond motifs is 1. The van der Waals surface area contributed by atoms with E-state index in [1.807, 2.05) is 4.90 Å². The van der Waals surface area contributed by atoms with E-state index in [-0.39, 0.29) is 17.4 Å². The van der Waals surface area contributed by atoms with E-state index in [0.717, 1.165) is 44.9 Å². The molecule has 1 aliphatic carbocycles. The number of piperidine rings is 1. The number of ether oxygens (including phenoxy) is 2. The number of hydrogen-bond donors (Lipinski definition) is 0. The average molecular weight is 345 g/mol. The summed E-state index contributed by atoms with van der Waals surface area (Å²) in [7, 11) is 0. The van der Waals surface area contributed by atoms with Crippen molar-refractivity contribution in [1.82, 2.24) is 15.1 Å². The highest BCUT2D eigenvalue weighted by molar-refractivity contribution is 5.93. The van der Waals surface area contributed by atoms with Crippen LogP contribution in [0.3, 0.4) is 0 Å². The number of carbonyl (C=O) groups excluding carboxylic acids is 1. The second kappa shape index (κ2) is 7.38. The van der Waals surface area contributed by atoms with Gasteiger partial charge in [-0.15, -0.1) is 0 Å². The lowest BCUT2D eigenvalue weighted by Gasteiger charge is -2.50. The molecule has 25 heavy (non-hydrogen) atoms. The van der Waals surface area contributed by atoms with Crippen molar-refractivity contribution in [3.63, 3.8) is 0 Å². The van der Waals surface area contributed by atoms with Gasteiger partial charge in [0.05, 0.1) is 30.7 Å². The Morgan fingerprint density at radius 1 is 1.32 bits per heavy atom. The van der Waals surface area contributed by atoms with E-state index < -0.39 is 0 Å². The van der Waals surface area contributed by atoms with Gasteiger partial charge in [-0.1, -0.05) is 6.42 Å². The Balaban J connectivity index is 1.44. The van der Waals surface area contributed by atoms with Crippen LogP contribution in [-0.4, -0.2) is 60.0 Å². The second-order valence-corrected chi connectivity index (χ2v) is 7.78. The summed E-state index contributed by atoms with van der Waals surface area (Å²) in [6.45, 7) is 3.83. The monoisotopic (exact) mass is 345 g/mol. The zero-order chi connectivity index (χ0) is 17.1. The molecule has 0 unspecified atom stereocenters. The molecule has 0 aromatic carbocycles. The summed E-state index contributed by atoms with van der Waals surface area (Å²) in [4.78, 5) is 14.8. The van der Waals surface area contributed by atoms with Crippen molar-refractivity contribution in [2.75, 3.05) is 32.9 Å². The highest BCUT2D eigenvalue weighted by atomic mass is 16.5. The second-order valence-electron chi connectivity index (χ2n) is 7.78. The minimum absolute atomic E-state index is 0.0392. The van der Waals surface area contributed by atoms with Crippen molar-refractivity contribution in [3.8, 4) is 0 Å². The van der Waals surface area contributed by atoms with Gasteiger partial charge in [0.25, 0.3) is 5.91 Å². The number of aromatic nitrogens is 2. The normalized spacial score (nSPS) is 29.8. The standard InChI is InChI=1S/C19H27N3O3/c23-18(16-5-8-20-21-11-16)22-9-6-17-19(13-22,7-2-10-25-17)14-24-12-15-3-1-4-15/h5,8,11,15,17H,1-4,6-7,9-10,12-14H2/t17-,19+/m1/s1. The van der Waals surface area contributed by atoms with Gasteiger partial charge in [-0.2, -0.15) is 10.2 Å². The largest absolute Gasteiger partial charge is 0.380 e. The van der Waals surface area contributed by atoms with E-state index >= 15 is 0 Å². The minimum atomic E-state index is -0.0592. The van der Waals surface area contributed by atoms with Gasteiger partial charge in [-0.3, -0.25) is 4.79 Å². The van der Waals surface area contributed by atoms with Crippen LogP contribution in [0.15, 0.2) is 18.5 Å². The van der Waals surface area contributed by atoms with Crippen LogP contribution in [0, 0.1) is 11.3 Å². The van der Waals surface area contributed by atoms with E-state index in [4.69, 9.17) is 9.47 Å². The Hall–Kier alpha value is -1.53. The van der Waals surface area contributed by atoms with Gasteiger partial charge in [0.15, 0.2) is 0 Å². The SMILES string of the molecule is O=C(c1ccnnc1)N1CC[C@H]2OCCC[C@@]2(COCC2CCC2)C1. The topological polar surface area (TPSA) is 64.6 Å². The van der Waals surface area contributed by atoms with Crippen LogP contribution >= 0.6 is 0 Å². The first kappa shape index (κ1) is 16.9. The lowest BCUT2D eigenvalue weighted by atomic mass is 9.73. The molecule has 2 atom stereocenters. The molecule has 1 saturated carbocycles. The molecule has 2 aliphatic heterocycles. The summed E-state index contributed by atoms with van der Waals surface area (Å²) in [5.41, 5.74) is 0.548. The smallest absolute Gasteiger partial charge is 0.255 e. The number of rotatable bonds is 5. The van der Waals surface area contributed by atoms with Gasteiger partial charge in [0, 0.05) is 31.7 Å². The highest BCUT2D eigenvalue weighted by Gasteiger charge is 2.47. The van der Waals surface area contributed by atoms with Crippen molar-refractivity contribution in [2.24, 2.45) is 11.3 Å². The van der Waals surface area contributed by atoms with E-state index in [1.165, 1.54) is 19.3 Å². The van der Waals surface area contributed by atoms with Crippen LogP contribution in [0.1, 0.15) is 48.9 Å². The molecule has 4 rings (SSSR count). The summed E-state index contributed by atoms with van der Waals surface area (Å²) in [5.74, 6) is 0.779. The Morgan fingerprint density at radius 2 is 2.24 bits per heavy atom. The van der Waals surface area contributed by atoms with Crippen LogP contribution in [0.4, 0.5) is 0 Å². The van der Waals surface area contributed by atoms with E-state index in [0.29, 0.717) is 18.7 Å². The first-order valence-electron chi connectivity index (χ1n) is 9.52. The molecule has 1 aromatic heterocycles. The molecule has 0 bridgehead atoms. The number of nitrogens with zero attached hydrogens (tertiary/aromatic N) is 3. The fraction of sp³-hybridized carbons (Fsp3) is 0.737. The molecule has 3 aliphatic rings. The molecule has 1 aromatic rings. The first-order valence-corrected chi connectivity index (χ1v) is 9.52. The average Bonchev–Trinajstić information content (AvgIpc) is 2.63. The molecule has 2 saturated heterocycles. The molecule has 0 radical (unpaired) electrons. The molecular formula is C19H27N3O3. The molecule has 3 heterocycles. The van der Waals surface area contributed by atoms with Gasteiger partial charge >= 0.3 is 0 Å². The molecule has 6 nitrogen and oxygen atoms in total. The summed E-state index contributed by atoms with van der Waals surface area (Å²) in [6.07, 6.45) is 10.3. The van der Waals surface area contributed by atoms with Crippen LogP contribution in [0.2, 0.25) is 0 Å². The maximum atomic E-state index is 12.8. The summed E-state index contributed by atoms with van der Waals surface area (Å²) in [5, 5.41) is 7.60. The van der Waals surface area contributed by atoms with Crippen molar-refractivity contribution in [3.05, 3.63) is 24.0 Å². The molecule has 0 N–H and O–H groups in total. The zero-order valence-electron chi connectivity index (χ0n) is 14.7. The molecule has 1 amide bonds. The van der Waals surface area contributed by atoms with E-state index in [1.54, 1.807) is 18.5 Å². The van der Waals surface area contributed by atoms with Crippen molar-refractivity contribution in [1.29, 1.82) is 0 Å². The number of carbonyl (C=O) groups is 1. The third-order valence-corrected chi connectivity index (χ3v) is 6.07. The molecule has 0 spiro atoms. The van der Waals surface area contributed by atoms with E-state index in [9.17, 15) is 4.79 Å². The van der Waals surface area contributed by atoms with Gasteiger partial charge in [-0.05, 0) is 44.1 Å². The quantitative estimate of drug-likeness (QED) is 0.819. The van der Waals surface area contributed by atoms with Crippen LogP contribution in [0.5, 0.6) is 0 Å². The molecule has 136 valence electrons. The fourth-order valence-corrected chi connectivity index (χ4v) is 4.36. The Bertz CT molecular complexity index is 593. The van der Waals surface area contributed by atoms with Gasteiger partial charge < -0.3 is 14.4 Å². The van der Waals surface area contributed by atoms with Crippen molar-refractivity contribution >= 4 is 5.91 Å². The maximum Gasteiger partial charge on any atom is 0.255 e. The van der Waals surface area contributed by atoms with E-state index in [2.05, 4.69) is 10.2 Å². The Labute approximate surface area is 148 Å². The molecular weight excluding hydrogens is 318 g/mol. The highest BCUT2D eigenvalue weighted by Crippen LogP contribution is 2.41.